The fourth-order valence-electron chi connectivity index (χ4n) is 3.77. The van der Waals surface area contributed by atoms with Gasteiger partial charge in [0.05, 0.1) is 6.61 Å². The Morgan fingerprint density at radius 1 is 1.07 bits per heavy atom. The van der Waals surface area contributed by atoms with Crippen molar-refractivity contribution in [3.05, 3.63) is 58.7 Å². The Morgan fingerprint density at radius 2 is 1.89 bits per heavy atom. The molecule has 0 unspecified atom stereocenters. The Morgan fingerprint density at radius 3 is 2.70 bits per heavy atom. The zero-order valence-electron chi connectivity index (χ0n) is 16.1. The van der Waals surface area contributed by atoms with Gasteiger partial charge in [0.15, 0.2) is 5.11 Å². The van der Waals surface area contributed by atoms with E-state index in [0.29, 0.717) is 0 Å². The van der Waals surface area contributed by atoms with E-state index in [1.54, 1.807) is 0 Å². The molecule has 0 radical (unpaired) electrons. The van der Waals surface area contributed by atoms with E-state index >= 15 is 0 Å². The maximum absolute atomic E-state index is 5.66. The van der Waals surface area contributed by atoms with Crippen LogP contribution in [0, 0.1) is 13.8 Å². The summed E-state index contributed by atoms with van der Waals surface area (Å²) in [5.74, 6) is 1.06. The van der Waals surface area contributed by atoms with Gasteiger partial charge in [0.2, 0.25) is 0 Å². The number of ether oxygens (including phenoxy) is 1. The Bertz CT molecular complexity index is 843. The second-order valence-electron chi connectivity index (χ2n) is 7.55. The molecule has 0 spiro atoms. The number of benzene rings is 2. The van der Waals surface area contributed by atoms with Crippen molar-refractivity contribution in [1.82, 2.24) is 9.80 Å². The van der Waals surface area contributed by atoms with Gasteiger partial charge in [0.1, 0.15) is 5.75 Å². The van der Waals surface area contributed by atoms with Gasteiger partial charge in [-0.1, -0.05) is 24.3 Å². The van der Waals surface area contributed by atoms with Gasteiger partial charge in [0, 0.05) is 44.8 Å². The van der Waals surface area contributed by atoms with Crippen LogP contribution in [-0.4, -0.2) is 47.7 Å². The summed E-state index contributed by atoms with van der Waals surface area (Å²) in [5.41, 5.74) is 6.31. The molecule has 0 atom stereocenters. The van der Waals surface area contributed by atoms with Crippen molar-refractivity contribution in [3.8, 4) is 5.75 Å². The topological polar surface area (TPSA) is 27.7 Å². The summed E-state index contributed by atoms with van der Waals surface area (Å²) in [4.78, 5) is 4.79. The minimum atomic E-state index is 0.822. The number of nitrogens with one attached hydrogen (secondary N) is 1. The molecular weight excluding hydrogens is 354 g/mol. The number of rotatable bonds is 3. The highest BCUT2D eigenvalue weighted by Gasteiger charge is 2.20. The van der Waals surface area contributed by atoms with Gasteiger partial charge in [-0.25, -0.2) is 0 Å². The fourth-order valence-corrected chi connectivity index (χ4v) is 4.06. The van der Waals surface area contributed by atoms with Crippen LogP contribution < -0.4 is 10.1 Å². The summed E-state index contributed by atoms with van der Waals surface area (Å²) in [6, 6.07) is 13.1. The van der Waals surface area contributed by atoms with E-state index in [0.717, 1.165) is 62.3 Å². The van der Waals surface area contributed by atoms with E-state index in [2.05, 4.69) is 65.4 Å². The molecule has 4 nitrogen and oxygen atoms in total. The van der Waals surface area contributed by atoms with Crippen LogP contribution in [-0.2, 0) is 13.0 Å². The molecule has 0 bridgehead atoms. The quantitative estimate of drug-likeness (QED) is 0.818. The van der Waals surface area contributed by atoms with E-state index in [9.17, 15) is 0 Å². The normalized spacial score (nSPS) is 16.7. The van der Waals surface area contributed by atoms with E-state index in [-0.39, 0.29) is 0 Å². The first-order chi connectivity index (χ1) is 13.1. The lowest BCUT2D eigenvalue weighted by Gasteiger charge is -2.36. The summed E-state index contributed by atoms with van der Waals surface area (Å²) in [6.07, 6.45) is 1.04. The molecule has 2 heterocycles. The summed E-state index contributed by atoms with van der Waals surface area (Å²) in [5, 5.41) is 4.27. The number of anilines is 1. The van der Waals surface area contributed by atoms with Crippen molar-refractivity contribution < 1.29 is 4.74 Å². The first-order valence-electron chi connectivity index (χ1n) is 9.68. The van der Waals surface area contributed by atoms with Gasteiger partial charge in [-0.15, -0.1) is 0 Å². The van der Waals surface area contributed by atoms with Gasteiger partial charge < -0.3 is 15.0 Å². The molecule has 0 amide bonds. The van der Waals surface area contributed by atoms with Crippen molar-refractivity contribution in [3.63, 3.8) is 0 Å². The molecule has 2 aromatic carbocycles. The molecule has 2 aliphatic heterocycles. The molecule has 0 aliphatic carbocycles. The van der Waals surface area contributed by atoms with Gasteiger partial charge in [-0.3, -0.25) is 4.90 Å². The van der Waals surface area contributed by atoms with Crippen molar-refractivity contribution >= 4 is 23.0 Å². The smallest absolute Gasteiger partial charge is 0.173 e. The van der Waals surface area contributed by atoms with Crippen LogP contribution in [0.15, 0.2) is 36.4 Å². The van der Waals surface area contributed by atoms with Gasteiger partial charge >= 0.3 is 0 Å². The van der Waals surface area contributed by atoms with Crippen molar-refractivity contribution in [2.45, 2.75) is 26.8 Å². The minimum absolute atomic E-state index is 0.822. The zero-order chi connectivity index (χ0) is 18.8. The molecule has 4 rings (SSSR count). The van der Waals surface area contributed by atoms with E-state index in [1.165, 1.54) is 22.3 Å². The second kappa shape index (κ2) is 7.87. The lowest BCUT2D eigenvalue weighted by molar-refractivity contribution is 0.177. The van der Waals surface area contributed by atoms with Crippen LogP contribution in [0.4, 0.5) is 5.69 Å². The monoisotopic (exact) mass is 381 g/mol. The van der Waals surface area contributed by atoms with Crippen molar-refractivity contribution in [2.75, 3.05) is 38.1 Å². The highest BCUT2D eigenvalue weighted by atomic mass is 32.1. The standard InChI is InChI=1S/C22H27N3OS/c1-16-3-4-17(2)20(13-16)23-22(27)25-10-8-24(9-11-25)15-18-5-6-21-19(14-18)7-12-26-21/h3-6,13-14H,7-12,15H2,1-2H3,(H,23,27). The largest absolute Gasteiger partial charge is 0.493 e. The van der Waals surface area contributed by atoms with Gasteiger partial charge in [0.25, 0.3) is 0 Å². The summed E-state index contributed by atoms with van der Waals surface area (Å²) in [6.45, 7) is 10.0. The zero-order valence-corrected chi connectivity index (χ0v) is 16.9. The van der Waals surface area contributed by atoms with E-state index in [1.807, 2.05) is 0 Å². The summed E-state index contributed by atoms with van der Waals surface area (Å²) < 4.78 is 5.61. The highest BCUT2D eigenvalue weighted by Crippen LogP contribution is 2.26. The number of thiocarbonyl (C=S) groups is 1. The van der Waals surface area contributed by atoms with Crippen LogP contribution >= 0.6 is 12.2 Å². The van der Waals surface area contributed by atoms with Gasteiger partial charge in [-0.05, 0) is 60.5 Å². The number of fused-ring (bicyclic) bond motifs is 1. The lowest BCUT2D eigenvalue weighted by Crippen LogP contribution is -2.49. The molecule has 1 saturated heterocycles. The molecule has 27 heavy (non-hydrogen) atoms. The minimum Gasteiger partial charge on any atom is -0.493 e. The number of aryl methyl sites for hydroxylation is 2. The number of hydrogen-bond donors (Lipinski definition) is 1. The number of piperazine rings is 1. The molecule has 0 aromatic heterocycles. The first-order valence-corrected chi connectivity index (χ1v) is 10.1. The lowest BCUT2D eigenvalue weighted by atomic mass is 10.1. The average Bonchev–Trinajstić information content (AvgIpc) is 3.13. The highest BCUT2D eigenvalue weighted by molar-refractivity contribution is 7.80. The van der Waals surface area contributed by atoms with Crippen LogP contribution in [0.1, 0.15) is 22.3 Å². The van der Waals surface area contributed by atoms with Crippen LogP contribution in [0.2, 0.25) is 0 Å². The third-order valence-corrected chi connectivity index (χ3v) is 5.81. The third kappa shape index (κ3) is 4.25. The Labute approximate surface area is 167 Å². The SMILES string of the molecule is Cc1ccc(C)c(NC(=S)N2CCN(Cc3ccc4c(c3)CCO4)CC2)c1. The van der Waals surface area contributed by atoms with Crippen molar-refractivity contribution in [1.29, 1.82) is 0 Å². The predicted molar refractivity (Wildman–Crippen MR) is 115 cm³/mol. The molecule has 2 aromatic rings. The maximum atomic E-state index is 5.66. The second-order valence-corrected chi connectivity index (χ2v) is 7.94. The first kappa shape index (κ1) is 18.3. The van der Waals surface area contributed by atoms with Crippen LogP contribution in [0.3, 0.4) is 0 Å². The third-order valence-electron chi connectivity index (χ3n) is 5.45. The number of nitrogens with zero attached hydrogens (tertiary/aromatic N) is 2. The van der Waals surface area contributed by atoms with Crippen LogP contribution in [0.25, 0.3) is 0 Å². The Hall–Kier alpha value is -2.11. The Balaban J connectivity index is 1.30. The maximum Gasteiger partial charge on any atom is 0.173 e. The molecule has 0 saturated carbocycles. The van der Waals surface area contributed by atoms with Crippen molar-refractivity contribution in [2.24, 2.45) is 0 Å². The van der Waals surface area contributed by atoms with E-state index in [4.69, 9.17) is 17.0 Å². The predicted octanol–water partition coefficient (Wildman–Crippen LogP) is 3.75. The van der Waals surface area contributed by atoms with Crippen LogP contribution in [0.5, 0.6) is 5.75 Å². The average molecular weight is 382 g/mol. The molecule has 5 heteroatoms. The number of hydrogen-bond acceptors (Lipinski definition) is 3. The molecule has 1 N–H and O–H groups in total. The molecular formula is C22H27N3OS. The fraction of sp³-hybridized carbons (Fsp3) is 0.409. The Kier molecular flexibility index (Phi) is 5.32. The summed E-state index contributed by atoms with van der Waals surface area (Å²) in [7, 11) is 0. The molecule has 1 fully saturated rings. The van der Waals surface area contributed by atoms with E-state index < -0.39 is 0 Å². The summed E-state index contributed by atoms with van der Waals surface area (Å²) >= 11 is 5.66. The van der Waals surface area contributed by atoms with Gasteiger partial charge in [-0.2, -0.15) is 0 Å². The molecule has 2 aliphatic rings. The molecule has 142 valence electrons.